The molecule has 0 saturated heterocycles. The SMILES string of the molecule is CCCN(C)c1nccc(C#N)n1. The molecule has 0 bridgehead atoms. The summed E-state index contributed by atoms with van der Waals surface area (Å²) in [7, 11) is 1.92. The van der Waals surface area contributed by atoms with Gasteiger partial charge in [0.05, 0.1) is 0 Å². The number of hydrogen-bond acceptors (Lipinski definition) is 4. The van der Waals surface area contributed by atoms with E-state index in [1.807, 2.05) is 18.0 Å². The van der Waals surface area contributed by atoms with Crippen LogP contribution >= 0.6 is 0 Å². The second-order valence-corrected chi connectivity index (χ2v) is 2.78. The molecule has 13 heavy (non-hydrogen) atoms. The van der Waals surface area contributed by atoms with Crippen LogP contribution in [0.15, 0.2) is 12.3 Å². The van der Waals surface area contributed by atoms with Crippen LogP contribution in [0.2, 0.25) is 0 Å². The van der Waals surface area contributed by atoms with Crippen LogP contribution in [-0.2, 0) is 0 Å². The van der Waals surface area contributed by atoms with Gasteiger partial charge in [0.1, 0.15) is 11.8 Å². The van der Waals surface area contributed by atoms with Crippen molar-refractivity contribution in [3.63, 3.8) is 0 Å². The van der Waals surface area contributed by atoms with Crippen molar-refractivity contribution >= 4 is 5.95 Å². The average Bonchev–Trinajstić information content (AvgIpc) is 2.18. The highest BCUT2D eigenvalue weighted by Gasteiger charge is 2.02. The lowest BCUT2D eigenvalue weighted by molar-refractivity contribution is 0.817. The second-order valence-electron chi connectivity index (χ2n) is 2.78. The van der Waals surface area contributed by atoms with Gasteiger partial charge in [-0.25, -0.2) is 9.97 Å². The molecule has 0 saturated carbocycles. The maximum Gasteiger partial charge on any atom is 0.226 e. The van der Waals surface area contributed by atoms with E-state index in [1.165, 1.54) is 0 Å². The van der Waals surface area contributed by atoms with E-state index in [1.54, 1.807) is 12.3 Å². The van der Waals surface area contributed by atoms with Crippen molar-refractivity contribution in [2.24, 2.45) is 0 Å². The molecular formula is C9H12N4. The Balaban J connectivity index is 2.83. The zero-order valence-corrected chi connectivity index (χ0v) is 7.86. The third kappa shape index (κ3) is 2.41. The molecule has 4 heteroatoms. The Bertz CT molecular complexity index is 316. The van der Waals surface area contributed by atoms with E-state index >= 15 is 0 Å². The summed E-state index contributed by atoms with van der Waals surface area (Å²) in [6, 6.07) is 3.59. The minimum atomic E-state index is 0.410. The van der Waals surface area contributed by atoms with Gasteiger partial charge in [0.15, 0.2) is 0 Å². The van der Waals surface area contributed by atoms with Gasteiger partial charge in [0.2, 0.25) is 5.95 Å². The highest BCUT2D eigenvalue weighted by atomic mass is 15.2. The molecule has 1 aromatic rings. The molecule has 1 aromatic heterocycles. The van der Waals surface area contributed by atoms with E-state index in [0.717, 1.165) is 13.0 Å². The summed E-state index contributed by atoms with van der Waals surface area (Å²) >= 11 is 0. The molecule has 0 N–H and O–H groups in total. The molecule has 1 heterocycles. The number of nitriles is 1. The van der Waals surface area contributed by atoms with E-state index in [0.29, 0.717) is 11.6 Å². The third-order valence-electron chi connectivity index (χ3n) is 1.66. The van der Waals surface area contributed by atoms with Crippen molar-refractivity contribution in [1.82, 2.24) is 9.97 Å². The van der Waals surface area contributed by atoms with Crippen LogP contribution in [0, 0.1) is 11.3 Å². The fourth-order valence-corrected chi connectivity index (χ4v) is 1.03. The Labute approximate surface area is 77.8 Å². The summed E-state index contributed by atoms with van der Waals surface area (Å²) in [6.07, 6.45) is 2.64. The van der Waals surface area contributed by atoms with Gasteiger partial charge >= 0.3 is 0 Å². The van der Waals surface area contributed by atoms with Crippen molar-refractivity contribution in [2.75, 3.05) is 18.5 Å². The Morgan fingerprint density at radius 1 is 1.62 bits per heavy atom. The summed E-state index contributed by atoms with van der Waals surface area (Å²) in [5.41, 5.74) is 0.410. The van der Waals surface area contributed by atoms with Crippen molar-refractivity contribution in [1.29, 1.82) is 5.26 Å². The summed E-state index contributed by atoms with van der Waals surface area (Å²) in [5.74, 6) is 0.612. The number of aromatic nitrogens is 2. The monoisotopic (exact) mass is 176 g/mol. The maximum absolute atomic E-state index is 8.61. The van der Waals surface area contributed by atoms with Crippen LogP contribution < -0.4 is 4.90 Å². The molecule has 0 aliphatic carbocycles. The molecule has 0 radical (unpaired) electrons. The standard InChI is InChI=1S/C9H12N4/c1-3-6-13(2)9-11-5-4-8(7-10)12-9/h4-5H,3,6H2,1-2H3. The maximum atomic E-state index is 8.61. The minimum Gasteiger partial charge on any atom is -0.344 e. The average molecular weight is 176 g/mol. The quantitative estimate of drug-likeness (QED) is 0.694. The van der Waals surface area contributed by atoms with Gasteiger partial charge in [-0.05, 0) is 12.5 Å². The van der Waals surface area contributed by atoms with Crippen LogP contribution in [0.25, 0.3) is 0 Å². The molecule has 68 valence electrons. The van der Waals surface area contributed by atoms with Crippen LogP contribution in [0.5, 0.6) is 0 Å². The predicted molar refractivity (Wildman–Crippen MR) is 50.3 cm³/mol. The predicted octanol–water partition coefficient (Wildman–Crippen LogP) is 1.19. The topological polar surface area (TPSA) is 52.8 Å². The first-order valence-corrected chi connectivity index (χ1v) is 4.22. The zero-order chi connectivity index (χ0) is 9.68. The summed E-state index contributed by atoms with van der Waals surface area (Å²) in [5, 5.41) is 8.61. The van der Waals surface area contributed by atoms with E-state index in [9.17, 15) is 0 Å². The number of rotatable bonds is 3. The lowest BCUT2D eigenvalue weighted by Crippen LogP contribution is -2.20. The van der Waals surface area contributed by atoms with E-state index in [2.05, 4.69) is 16.9 Å². The molecule has 0 amide bonds. The summed E-state index contributed by atoms with van der Waals surface area (Å²) in [6.45, 7) is 2.99. The van der Waals surface area contributed by atoms with Gasteiger partial charge in [-0.1, -0.05) is 6.92 Å². The minimum absolute atomic E-state index is 0.410. The van der Waals surface area contributed by atoms with Gasteiger partial charge in [-0.3, -0.25) is 0 Å². The molecule has 0 aliphatic rings. The molecule has 1 rings (SSSR count). The molecule has 4 nitrogen and oxygen atoms in total. The van der Waals surface area contributed by atoms with Crippen molar-refractivity contribution in [3.05, 3.63) is 18.0 Å². The molecule has 0 aromatic carbocycles. The molecule has 0 spiro atoms. The highest BCUT2D eigenvalue weighted by molar-refractivity contribution is 5.32. The fraction of sp³-hybridized carbons (Fsp3) is 0.444. The van der Waals surface area contributed by atoms with E-state index in [-0.39, 0.29) is 0 Å². The first kappa shape index (κ1) is 9.46. The van der Waals surface area contributed by atoms with Gasteiger partial charge < -0.3 is 4.90 Å². The number of hydrogen-bond donors (Lipinski definition) is 0. The van der Waals surface area contributed by atoms with Crippen LogP contribution in [0.4, 0.5) is 5.95 Å². The summed E-state index contributed by atoms with van der Waals surface area (Å²) in [4.78, 5) is 10.1. The number of nitrogens with zero attached hydrogens (tertiary/aromatic N) is 4. The van der Waals surface area contributed by atoms with Gasteiger partial charge in [-0.2, -0.15) is 5.26 Å². The molecule has 0 unspecified atom stereocenters. The molecule has 0 aliphatic heterocycles. The Morgan fingerprint density at radius 3 is 3.00 bits per heavy atom. The largest absolute Gasteiger partial charge is 0.344 e. The first-order chi connectivity index (χ1) is 6.27. The van der Waals surface area contributed by atoms with Crippen molar-refractivity contribution < 1.29 is 0 Å². The van der Waals surface area contributed by atoms with E-state index in [4.69, 9.17) is 5.26 Å². The van der Waals surface area contributed by atoms with Crippen LogP contribution in [0.1, 0.15) is 19.0 Å². The molecule has 0 fully saturated rings. The van der Waals surface area contributed by atoms with Gasteiger partial charge in [0, 0.05) is 19.8 Å². The smallest absolute Gasteiger partial charge is 0.226 e. The first-order valence-electron chi connectivity index (χ1n) is 4.22. The zero-order valence-electron chi connectivity index (χ0n) is 7.86. The normalized spacial score (nSPS) is 9.31. The summed E-state index contributed by atoms with van der Waals surface area (Å²) < 4.78 is 0. The van der Waals surface area contributed by atoms with Gasteiger partial charge in [-0.15, -0.1) is 0 Å². The number of anilines is 1. The Morgan fingerprint density at radius 2 is 2.38 bits per heavy atom. The molecular weight excluding hydrogens is 164 g/mol. The van der Waals surface area contributed by atoms with E-state index < -0.39 is 0 Å². The lowest BCUT2D eigenvalue weighted by atomic mass is 10.4. The molecule has 0 atom stereocenters. The van der Waals surface area contributed by atoms with Crippen LogP contribution in [-0.4, -0.2) is 23.6 Å². The second kappa shape index (κ2) is 4.41. The highest BCUT2D eigenvalue weighted by Crippen LogP contribution is 2.04. The Hall–Kier alpha value is -1.63. The van der Waals surface area contributed by atoms with Gasteiger partial charge in [0.25, 0.3) is 0 Å². The third-order valence-corrected chi connectivity index (χ3v) is 1.66. The lowest BCUT2D eigenvalue weighted by Gasteiger charge is -2.14. The Kier molecular flexibility index (Phi) is 3.21. The van der Waals surface area contributed by atoms with Crippen molar-refractivity contribution in [3.8, 4) is 6.07 Å². The fourth-order valence-electron chi connectivity index (χ4n) is 1.03. The van der Waals surface area contributed by atoms with Crippen LogP contribution in [0.3, 0.4) is 0 Å². The van der Waals surface area contributed by atoms with Crippen molar-refractivity contribution in [2.45, 2.75) is 13.3 Å².